The summed E-state index contributed by atoms with van der Waals surface area (Å²) in [5, 5.41) is 0. The molecule has 0 saturated heterocycles. The highest BCUT2D eigenvalue weighted by Crippen LogP contribution is 2.28. The summed E-state index contributed by atoms with van der Waals surface area (Å²) in [7, 11) is 3.79. The van der Waals surface area contributed by atoms with Crippen LogP contribution in [0.1, 0.15) is 22.3 Å². The Kier molecular flexibility index (Phi) is 16.9. The third-order valence-electron chi connectivity index (χ3n) is 11.9. The lowest BCUT2D eigenvalue weighted by molar-refractivity contribution is 0.329. The van der Waals surface area contributed by atoms with E-state index in [-0.39, 0.29) is 0 Å². The van der Waals surface area contributed by atoms with E-state index in [9.17, 15) is 0 Å². The van der Waals surface area contributed by atoms with Gasteiger partial charge in [-0.1, -0.05) is 72.8 Å². The molecule has 8 aromatic carbocycles. The van der Waals surface area contributed by atoms with Gasteiger partial charge in [-0.15, -0.1) is 0 Å². The van der Waals surface area contributed by atoms with Crippen LogP contribution in [0, 0.1) is 0 Å². The van der Waals surface area contributed by atoms with E-state index in [1.165, 1.54) is 0 Å². The molecule has 0 aromatic heterocycles. The lowest BCUT2D eigenvalue weighted by Gasteiger charge is -2.33. The summed E-state index contributed by atoms with van der Waals surface area (Å²) in [6.07, 6.45) is 8.63. The van der Waals surface area contributed by atoms with Gasteiger partial charge in [0.05, 0.1) is 22.7 Å². The Labute approximate surface area is 433 Å². The van der Waals surface area contributed by atoms with Crippen LogP contribution in [0.15, 0.2) is 214 Å². The predicted molar refractivity (Wildman–Crippen MR) is 314 cm³/mol. The van der Waals surface area contributed by atoms with E-state index < -0.39 is 16.6 Å². The first-order valence-corrected chi connectivity index (χ1v) is 30.7. The molecule has 11 heteroatoms. The van der Waals surface area contributed by atoms with Crippen LogP contribution >= 0.6 is 0 Å². The Bertz CT molecular complexity index is 2920. The van der Waals surface area contributed by atoms with E-state index in [0.29, 0.717) is 12.5 Å². The minimum absolute atomic E-state index is 0.540. The molecule has 0 heterocycles. The summed E-state index contributed by atoms with van der Waals surface area (Å²) in [5.41, 5.74) is 14.6. The van der Waals surface area contributed by atoms with Crippen LogP contribution in [0.2, 0.25) is 26.2 Å². The molecule has 9 nitrogen and oxygen atoms in total. The molecule has 368 valence electrons. The van der Waals surface area contributed by atoms with Crippen LogP contribution in [0.4, 0.5) is 34.1 Å². The van der Waals surface area contributed by atoms with Gasteiger partial charge >= 0.3 is 0 Å². The number of rotatable bonds is 20. The van der Waals surface area contributed by atoms with E-state index in [1.54, 1.807) is 0 Å². The summed E-state index contributed by atoms with van der Waals surface area (Å²) >= 11 is 0. The summed E-state index contributed by atoms with van der Waals surface area (Å²) in [6, 6.07) is 65.9. The molecular formula is C62H64N6O3Si2. The first-order chi connectivity index (χ1) is 35.2. The number of benzene rings is 8. The zero-order chi connectivity index (χ0) is 51.2. The first-order valence-electron chi connectivity index (χ1n) is 24.5. The van der Waals surface area contributed by atoms with Gasteiger partial charge in [0.25, 0.3) is 0 Å². The lowest BCUT2D eigenvalue weighted by Crippen LogP contribution is -2.51. The molecule has 0 atom stereocenters. The van der Waals surface area contributed by atoms with E-state index in [2.05, 4.69) is 143 Å². The fraction of sp³-hybridized carbons (Fsp3) is 0.161. The van der Waals surface area contributed by atoms with Gasteiger partial charge in [-0.05, 0) is 192 Å². The van der Waals surface area contributed by atoms with Gasteiger partial charge in [0.1, 0.15) is 24.0 Å². The normalized spacial score (nSPS) is 12.1. The zero-order valence-electron chi connectivity index (χ0n) is 43.1. The maximum absolute atomic E-state index is 6.81. The minimum atomic E-state index is -2.18. The van der Waals surface area contributed by atoms with Crippen molar-refractivity contribution in [2.75, 3.05) is 50.5 Å². The van der Waals surface area contributed by atoms with Crippen molar-refractivity contribution >= 4 is 75.6 Å². The van der Waals surface area contributed by atoms with Gasteiger partial charge in [-0.25, -0.2) is 0 Å². The SMILES string of the molecule is CN(C)c1ccc(C=Nc2ccc(-c3ccc(N=Cc4ccc(OC[Si](C)(C)O[Si](C)(C)COc5ccc(C=Nc6ccc(-c7ccc(N=Cc8ccc(N(C)C)cc8)cc7)cc6)cc5)cc4)cc3)cc2)cc1. The molecule has 0 amide bonds. The third-order valence-corrected chi connectivity index (χ3v) is 18.0. The number of hydrogen-bond donors (Lipinski definition) is 0. The smallest absolute Gasteiger partial charge is 0.213 e. The van der Waals surface area contributed by atoms with Crippen molar-refractivity contribution in [1.82, 2.24) is 0 Å². The average Bonchev–Trinajstić information content (AvgIpc) is 3.41. The fourth-order valence-corrected chi connectivity index (χ4v) is 15.4. The monoisotopic (exact) mass is 996 g/mol. The maximum Gasteiger partial charge on any atom is 0.213 e. The number of anilines is 2. The van der Waals surface area contributed by atoms with Crippen LogP contribution in [0.25, 0.3) is 22.3 Å². The molecule has 0 aliphatic rings. The molecule has 0 unspecified atom stereocenters. The third kappa shape index (κ3) is 15.5. The lowest BCUT2D eigenvalue weighted by atomic mass is 10.1. The summed E-state index contributed by atoms with van der Waals surface area (Å²) in [4.78, 5) is 22.9. The van der Waals surface area contributed by atoms with Crippen LogP contribution < -0.4 is 19.3 Å². The maximum atomic E-state index is 6.81. The molecule has 0 fully saturated rings. The fourth-order valence-electron chi connectivity index (χ4n) is 7.89. The molecule has 0 saturated carbocycles. The second kappa shape index (κ2) is 24.0. The molecule has 8 rings (SSSR count). The van der Waals surface area contributed by atoms with Crippen LogP contribution in [0.3, 0.4) is 0 Å². The summed E-state index contributed by atoms with van der Waals surface area (Å²) < 4.78 is 19.4. The quantitative estimate of drug-likeness (QED) is 0.0561. The molecular weight excluding hydrogens is 933 g/mol. The van der Waals surface area contributed by atoms with Crippen molar-refractivity contribution in [3.05, 3.63) is 216 Å². The number of nitrogens with zero attached hydrogens (tertiary/aromatic N) is 6. The molecule has 73 heavy (non-hydrogen) atoms. The van der Waals surface area contributed by atoms with Crippen LogP contribution in [-0.4, -0.2) is 82.1 Å². The highest BCUT2D eigenvalue weighted by Gasteiger charge is 2.35. The van der Waals surface area contributed by atoms with Gasteiger partial charge in [-0.3, -0.25) is 20.0 Å². The van der Waals surface area contributed by atoms with Gasteiger partial charge in [0.2, 0.25) is 16.6 Å². The second-order valence-corrected chi connectivity index (χ2v) is 28.0. The predicted octanol–water partition coefficient (Wildman–Crippen LogP) is 15.1. The second-order valence-electron chi connectivity index (χ2n) is 19.5. The molecule has 0 spiro atoms. The molecule has 0 aliphatic carbocycles. The summed E-state index contributed by atoms with van der Waals surface area (Å²) in [6.45, 7) is 8.81. The number of ether oxygens (including phenoxy) is 2. The highest BCUT2D eigenvalue weighted by molar-refractivity contribution is 6.84. The Balaban J connectivity index is 0.743. The topological polar surface area (TPSA) is 83.6 Å². The van der Waals surface area contributed by atoms with Crippen molar-refractivity contribution in [1.29, 1.82) is 0 Å². The van der Waals surface area contributed by atoms with Gasteiger partial charge in [0, 0.05) is 64.4 Å². The largest absolute Gasteiger partial charge is 0.494 e. The molecule has 0 aliphatic heterocycles. The Morgan fingerprint density at radius 3 is 0.795 bits per heavy atom. The zero-order valence-corrected chi connectivity index (χ0v) is 45.1. The van der Waals surface area contributed by atoms with E-state index in [4.69, 9.17) is 23.6 Å². The van der Waals surface area contributed by atoms with E-state index in [1.807, 2.05) is 150 Å². The first kappa shape index (κ1) is 51.4. The van der Waals surface area contributed by atoms with Gasteiger partial charge < -0.3 is 23.4 Å². The van der Waals surface area contributed by atoms with Crippen molar-refractivity contribution in [2.45, 2.75) is 26.2 Å². The van der Waals surface area contributed by atoms with E-state index in [0.717, 1.165) is 90.1 Å². The van der Waals surface area contributed by atoms with E-state index >= 15 is 0 Å². The minimum Gasteiger partial charge on any atom is -0.494 e. The van der Waals surface area contributed by atoms with Crippen molar-refractivity contribution in [3.8, 4) is 33.8 Å². The van der Waals surface area contributed by atoms with Gasteiger partial charge in [-0.2, -0.15) is 0 Å². The number of hydrogen-bond acceptors (Lipinski definition) is 9. The molecule has 0 radical (unpaired) electrons. The molecule has 0 bridgehead atoms. The molecule has 0 N–H and O–H groups in total. The Hall–Kier alpha value is -7.97. The summed E-state index contributed by atoms with van der Waals surface area (Å²) in [5.74, 6) is 1.62. The van der Waals surface area contributed by atoms with Gasteiger partial charge in [0.15, 0.2) is 0 Å². The number of aliphatic imine (C=N–C) groups is 4. The van der Waals surface area contributed by atoms with Crippen molar-refractivity contribution < 1.29 is 13.6 Å². The van der Waals surface area contributed by atoms with Crippen molar-refractivity contribution in [2.24, 2.45) is 20.0 Å². The Morgan fingerprint density at radius 1 is 0.329 bits per heavy atom. The highest BCUT2D eigenvalue weighted by atomic mass is 28.4. The van der Waals surface area contributed by atoms with Crippen molar-refractivity contribution in [3.63, 3.8) is 0 Å². The average molecular weight is 997 g/mol. The van der Waals surface area contributed by atoms with Crippen LogP contribution in [0.5, 0.6) is 11.5 Å². The van der Waals surface area contributed by atoms with Crippen LogP contribution in [-0.2, 0) is 4.12 Å². The molecule has 8 aromatic rings. The Morgan fingerprint density at radius 2 is 0.562 bits per heavy atom. The standard InChI is InChI=1S/C62H64N6O3Si2/c1-67(2)59-33-9-47(10-34-59)41-63-55-25-17-51(18-26-55)53-21-29-57(30-22-53)65-43-49-13-37-61(38-14-49)69-45-72(5,6)71-73(7,8)46-70-62-39-15-50(16-40-62)44-66-58-31-23-54(24-32-58)52-19-27-56(28-20-52)64-42-48-11-35-60(36-12-48)68(3)4/h9-44H,45-46H2,1-8H3.